The summed E-state index contributed by atoms with van der Waals surface area (Å²) in [5.41, 5.74) is 1.87. The van der Waals surface area contributed by atoms with Gasteiger partial charge in [-0.2, -0.15) is 0 Å². The summed E-state index contributed by atoms with van der Waals surface area (Å²) in [6.45, 7) is 0.332. The Morgan fingerprint density at radius 2 is 2.28 bits per heavy atom. The smallest absolute Gasteiger partial charge is 0.226 e. The van der Waals surface area contributed by atoms with Gasteiger partial charge in [0.15, 0.2) is 0 Å². The molecule has 0 aliphatic rings. The molecule has 0 aliphatic heterocycles. The van der Waals surface area contributed by atoms with Crippen molar-refractivity contribution in [1.29, 1.82) is 0 Å². The summed E-state index contributed by atoms with van der Waals surface area (Å²) in [6, 6.07) is 5.55. The zero-order chi connectivity index (χ0) is 13.1. The number of nitrogens with zero attached hydrogens (tertiary/aromatic N) is 1. The molecule has 0 radical (unpaired) electrons. The Bertz CT molecular complexity index is 565. The van der Waals surface area contributed by atoms with E-state index in [1.54, 1.807) is 7.05 Å². The van der Waals surface area contributed by atoms with Crippen LogP contribution in [0.25, 0.3) is 10.9 Å². The van der Waals surface area contributed by atoms with E-state index >= 15 is 0 Å². The monoisotopic (exact) mass is 266 g/mol. The van der Waals surface area contributed by atoms with Crippen molar-refractivity contribution >= 4 is 28.4 Å². The van der Waals surface area contributed by atoms with Crippen LogP contribution in [0.2, 0.25) is 5.02 Å². The minimum absolute atomic E-state index is 0.0140. The van der Waals surface area contributed by atoms with Crippen LogP contribution in [0.3, 0.4) is 0 Å². The van der Waals surface area contributed by atoms with Crippen LogP contribution in [0, 0.1) is 0 Å². The maximum Gasteiger partial charge on any atom is 0.226 e. The lowest BCUT2D eigenvalue weighted by molar-refractivity contribution is -0.129. The zero-order valence-electron chi connectivity index (χ0n) is 10.1. The molecule has 5 heteroatoms. The number of carbonyl (C=O) groups is 1. The number of nitrogens with one attached hydrogen (secondary N) is 1. The van der Waals surface area contributed by atoms with Crippen molar-refractivity contribution in [3.05, 3.63) is 35.0 Å². The largest absolute Gasteiger partial charge is 0.395 e. The standard InChI is InChI=1S/C13H15ClN2O2/c1-16(4-5-17)13(18)6-9-8-15-12-7-10(14)2-3-11(9)12/h2-3,7-8,15,17H,4-6H2,1H3. The number of hydrogen-bond donors (Lipinski definition) is 2. The van der Waals surface area contributed by atoms with E-state index < -0.39 is 0 Å². The summed E-state index contributed by atoms with van der Waals surface area (Å²) in [5.74, 6) is -0.0140. The van der Waals surface area contributed by atoms with Gasteiger partial charge in [0, 0.05) is 35.7 Å². The van der Waals surface area contributed by atoms with Gasteiger partial charge in [-0.1, -0.05) is 17.7 Å². The molecule has 2 rings (SSSR count). The SMILES string of the molecule is CN(CCO)C(=O)Cc1c[nH]c2cc(Cl)ccc12. The molecule has 0 aliphatic carbocycles. The molecule has 0 unspecified atom stereocenters. The highest BCUT2D eigenvalue weighted by atomic mass is 35.5. The van der Waals surface area contributed by atoms with Crippen LogP contribution in [0.1, 0.15) is 5.56 Å². The Labute approximate surface area is 110 Å². The average Bonchev–Trinajstić information content (AvgIpc) is 2.72. The first kappa shape index (κ1) is 12.9. The molecule has 1 heterocycles. The van der Waals surface area contributed by atoms with Crippen LogP contribution in [-0.4, -0.2) is 41.1 Å². The van der Waals surface area contributed by atoms with Crippen molar-refractivity contribution in [2.45, 2.75) is 6.42 Å². The highest BCUT2D eigenvalue weighted by Gasteiger charge is 2.12. The van der Waals surface area contributed by atoms with E-state index in [0.29, 0.717) is 18.0 Å². The second-order valence-corrected chi connectivity index (χ2v) is 4.66. The molecule has 1 amide bonds. The van der Waals surface area contributed by atoms with E-state index in [0.717, 1.165) is 16.5 Å². The number of aliphatic hydroxyl groups excluding tert-OH is 1. The molecule has 0 spiro atoms. The highest BCUT2D eigenvalue weighted by molar-refractivity contribution is 6.31. The van der Waals surface area contributed by atoms with Gasteiger partial charge in [-0.15, -0.1) is 0 Å². The highest BCUT2D eigenvalue weighted by Crippen LogP contribution is 2.22. The van der Waals surface area contributed by atoms with Crippen molar-refractivity contribution in [2.24, 2.45) is 0 Å². The molecule has 0 atom stereocenters. The van der Waals surface area contributed by atoms with Crippen molar-refractivity contribution in [3.8, 4) is 0 Å². The molecule has 0 fully saturated rings. The quantitative estimate of drug-likeness (QED) is 0.887. The Hall–Kier alpha value is -1.52. The Morgan fingerprint density at radius 1 is 1.50 bits per heavy atom. The number of fused-ring (bicyclic) bond motifs is 1. The normalized spacial score (nSPS) is 10.8. The second kappa shape index (κ2) is 5.42. The first-order valence-electron chi connectivity index (χ1n) is 5.72. The molecule has 0 bridgehead atoms. The molecule has 2 aromatic rings. The molecule has 0 saturated carbocycles. The lowest BCUT2D eigenvalue weighted by atomic mass is 10.1. The maximum atomic E-state index is 11.9. The van der Waals surface area contributed by atoms with Crippen LogP contribution in [0.15, 0.2) is 24.4 Å². The minimum atomic E-state index is -0.0221. The van der Waals surface area contributed by atoms with Crippen LogP contribution in [-0.2, 0) is 11.2 Å². The minimum Gasteiger partial charge on any atom is -0.395 e. The topological polar surface area (TPSA) is 56.3 Å². The van der Waals surface area contributed by atoms with Gasteiger partial charge >= 0.3 is 0 Å². The lowest BCUT2D eigenvalue weighted by Crippen LogP contribution is -2.30. The molecule has 1 aromatic heterocycles. The van der Waals surface area contributed by atoms with Crippen LogP contribution in [0.5, 0.6) is 0 Å². The first-order chi connectivity index (χ1) is 8.61. The van der Waals surface area contributed by atoms with Gasteiger partial charge in [0.25, 0.3) is 0 Å². The number of rotatable bonds is 4. The molecule has 18 heavy (non-hydrogen) atoms. The van der Waals surface area contributed by atoms with Crippen LogP contribution < -0.4 is 0 Å². The van der Waals surface area contributed by atoms with Gasteiger partial charge in [-0.05, 0) is 17.7 Å². The predicted octanol–water partition coefficient (Wildman–Crippen LogP) is 1.81. The van der Waals surface area contributed by atoms with Crippen molar-refractivity contribution < 1.29 is 9.90 Å². The third kappa shape index (κ3) is 2.66. The Morgan fingerprint density at radius 3 is 3.00 bits per heavy atom. The van der Waals surface area contributed by atoms with Crippen LogP contribution in [0.4, 0.5) is 0 Å². The first-order valence-corrected chi connectivity index (χ1v) is 6.10. The molecule has 4 nitrogen and oxygen atoms in total. The van der Waals surface area contributed by atoms with Gasteiger partial charge in [0.2, 0.25) is 5.91 Å². The Kier molecular flexibility index (Phi) is 3.89. The number of halogens is 1. The summed E-state index contributed by atoms with van der Waals surface area (Å²) in [4.78, 5) is 16.5. The van der Waals surface area contributed by atoms with Gasteiger partial charge < -0.3 is 15.0 Å². The number of H-pyrrole nitrogens is 1. The van der Waals surface area contributed by atoms with Crippen LogP contribution >= 0.6 is 11.6 Å². The van der Waals surface area contributed by atoms with E-state index in [1.807, 2.05) is 24.4 Å². The summed E-state index contributed by atoms with van der Waals surface area (Å²) in [7, 11) is 1.68. The number of carbonyl (C=O) groups excluding carboxylic acids is 1. The van der Waals surface area contributed by atoms with Crippen molar-refractivity contribution in [3.63, 3.8) is 0 Å². The molecular weight excluding hydrogens is 252 g/mol. The third-order valence-electron chi connectivity index (χ3n) is 2.93. The number of aromatic amines is 1. The lowest BCUT2D eigenvalue weighted by Gasteiger charge is -2.15. The summed E-state index contributed by atoms with van der Waals surface area (Å²) < 4.78 is 0. The van der Waals surface area contributed by atoms with E-state index in [1.165, 1.54) is 4.90 Å². The van der Waals surface area contributed by atoms with E-state index in [9.17, 15) is 4.79 Å². The maximum absolute atomic E-state index is 11.9. The predicted molar refractivity (Wildman–Crippen MR) is 71.7 cm³/mol. The summed E-state index contributed by atoms with van der Waals surface area (Å²) in [5, 5.41) is 10.5. The average molecular weight is 267 g/mol. The second-order valence-electron chi connectivity index (χ2n) is 4.22. The number of likely N-dealkylation sites (N-methyl/N-ethyl adjacent to an activating group) is 1. The number of aliphatic hydroxyl groups is 1. The number of aromatic nitrogens is 1. The molecule has 1 aromatic carbocycles. The van der Waals surface area contributed by atoms with Gasteiger partial charge in [-0.3, -0.25) is 4.79 Å². The molecule has 96 valence electrons. The van der Waals surface area contributed by atoms with Crippen molar-refractivity contribution in [1.82, 2.24) is 9.88 Å². The molecule has 2 N–H and O–H groups in total. The Balaban J connectivity index is 2.19. The fraction of sp³-hybridized carbons (Fsp3) is 0.308. The van der Waals surface area contributed by atoms with E-state index in [4.69, 9.17) is 16.7 Å². The fourth-order valence-corrected chi connectivity index (χ4v) is 2.05. The number of amides is 1. The molecular formula is C13H15ClN2O2. The summed E-state index contributed by atoms with van der Waals surface area (Å²) >= 11 is 5.90. The summed E-state index contributed by atoms with van der Waals surface area (Å²) in [6.07, 6.45) is 2.14. The van der Waals surface area contributed by atoms with E-state index in [-0.39, 0.29) is 12.5 Å². The van der Waals surface area contributed by atoms with Gasteiger partial charge in [-0.25, -0.2) is 0 Å². The molecule has 0 saturated heterocycles. The van der Waals surface area contributed by atoms with Crippen molar-refractivity contribution in [2.75, 3.05) is 20.2 Å². The van der Waals surface area contributed by atoms with Gasteiger partial charge in [0.1, 0.15) is 0 Å². The number of hydrogen-bond acceptors (Lipinski definition) is 2. The van der Waals surface area contributed by atoms with Gasteiger partial charge in [0.05, 0.1) is 13.0 Å². The van der Waals surface area contributed by atoms with E-state index in [2.05, 4.69) is 4.98 Å². The number of benzene rings is 1. The zero-order valence-corrected chi connectivity index (χ0v) is 10.9. The third-order valence-corrected chi connectivity index (χ3v) is 3.17. The fourth-order valence-electron chi connectivity index (χ4n) is 1.88.